The topological polar surface area (TPSA) is 35.5 Å². The average molecular weight is 294 g/mol. The molecule has 3 heteroatoms. The summed E-state index contributed by atoms with van der Waals surface area (Å²) < 4.78 is 10.8. The van der Waals surface area contributed by atoms with Gasteiger partial charge in [-0.2, -0.15) is 0 Å². The second-order valence-corrected chi connectivity index (χ2v) is 4.81. The monoisotopic (exact) mass is 294 g/mol. The van der Waals surface area contributed by atoms with Crippen molar-refractivity contribution >= 4 is 5.97 Å². The van der Waals surface area contributed by atoms with Crippen LogP contribution >= 0.6 is 0 Å². The molecule has 0 heterocycles. The highest BCUT2D eigenvalue weighted by Crippen LogP contribution is 2.25. The van der Waals surface area contributed by atoms with E-state index in [0.29, 0.717) is 0 Å². The fraction of sp³-hybridized carbons (Fsp3) is 0.211. The number of hydrogen-bond donors (Lipinski definition) is 0. The lowest BCUT2D eigenvalue weighted by molar-refractivity contribution is -0.152. The van der Waals surface area contributed by atoms with Gasteiger partial charge in [-0.05, 0) is 18.1 Å². The maximum absolute atomic E-state index is 11.7. The van der Waals surface area contributed by atoms with Crippen LogP contribution in [0.15, 0.2) is 60.7 Å². The van der Waals surface area contributed by atoms with Crippen molar-refractivity contribution in [3.05, 3.63) is 71.8 Å². The van der Waals surface area contributed by atoms with Crippen LogP contribution in [-0.2, 0) is 14.3 Å². The summed E-state index contributed by atoms with van der Waals surface area (Å²) in [5.41, 5.74) is 1.96. The van der Waals surface area contributed by atoms with Crippen molar-refractivity contribution in [2.45, 2.75) is 19.1 Å². The molecule has 0 bridgehead atoms. The first-order valence-corrected chi connectivity index (χ1v) is 7.08. The molecule has 0 aliphatic carbocycles. The van der Waals surface area contributed by atoms with Crippen molar-refractivity contribution in [1.82, 2.24) is 0 Å². The summed E-state index contributed by atoms with van der Waals surface area (Å²) in [7, 11) is 0. The Morgan fingerprint density at radius 2 is 1.55 bits per heavy atom. The van der Waals surface area contributed by atoms with Crippen LogP contribution in [-0.4, -0.2) is 18.7 Å². The standard InChI is InChI=1S/C19H18O3/c1-3-15(2)22-18(20)14-21-19(16-10-6-4-7-11-16)17-12-8-5-9-13-17/h1,4-13,15,19H,14H2,2H3. The van der Waals surface area contributed by atoms with Gasteiger partial charge in [0.2, 0.25) is 0 Å². The van der Waals surface area contributed by atoms with E-state index in [0.717, 1.165) is 11.1 Å². The van der Waals surface area contributed by atoms with Crippen LogP contribution in [0.25, 0.3) is 0 Å². The lowest BCUT2D eigenvalue weighted by atomic mass is 10.0. The van der Waals surface area contributed by atoms with Gasteiger partial charge in [-0.15, -0.1) is 6.42 Å². The van der Waals surface area contributed by atoms with Gasteiger partial charge >= 0.3 is 5.97 Å². The molecular weight excluding hydrogens is 276 g/mol. The van der Waals surface area contributed by atoms with Crippen LogP contribution in [0.5, 0.6) is 0 Å². The van der Waals surface area contributed by atoms with Crippen molar-refractivity contribution in [2.75, 3.05) is 6.61 Å². The summed E-state index contributed by atoms with van der Waals surface area (Å²) >= 11 is 0. The Morgan fingerprint density at radius 1 is 1.05 bits per heavy atom. The van der Waals surface area contributed by atoms with E-state index in [2.05, 4.69) is 5.92 Å². The molecule has 3 nitrogen and oxygen atoms in total. The first-order valence-electron chi connectivity index (χ1n) is 7.08. The van der Waals surface area contributed by atoms with E-state index < -0.39 is 12.1 Å². The molecule has 0 fully saturated rings. The summed E-state index contributed by atoms with van der Waals surface area (Å²) in [4.78, 5) is 11.7. The maximum Gasteiger partial charge on any atom is 0.333 e. The number of hydrogen-bond acceptors (Lipinski definition) is 3. The Hall–Kier alpha value is -2.57. The van der Waals surface area contributed by atoms with E-state index >= 15 is 0 Å². The van der Waals surface area contributed by atoms with E-state index in [-0.39, 0.29) is 12.7 Å². The fourth-order valence-electron chi connectivity index (χ4n) is 2.06. The minimum absolute atomic E-state index is 0.152. The molecule has 2 rings (SSSR count). The first-order chi connectivity index (χ1) is 10.7. The molecule has 2 aromatic rings. The Bertz CT molecular complexity index is 589. The zero-order valence-electron chi connectivity index (χ0n) is 12.4. The lowest BCUT2D eigenvalue weighted by Gasteiger charge is -2.19. The normalized spacial score (nSPS) is 11.7. The third-order valence-electron chi connectivity index (χ3n) is 3.12. The largest absolute Gasteiger partial charge is 0.448 e. The first kappa shape index (κ1) is 15.8. The van der Waals surface area contributed by atoms with Crippen LogP contribution in [0.4, 0.5) is 0 Å². The summed E-state index contributed by atoms with van der Waals surface area (Å²) in [6.45, 7) is 1.49. The molecule has 1 unspecified atom stereocenters. The van der Waals surface area contributed by atoms with E-state index in [1.807, 2.05) is 60.7 Å². The van der Waals surface area contributed by atoms with Crippen molar-refractivity contribution in [3.63, 3.8) is 0 Å². The molecule has 0 N–H and O–H groups in total. The Morgan fingerprint density at radius 3 is 2.00 bits per heavy atom. The highest BCUT2D eigenvalue weighted by molar-refractivity contribution is 5.71. The third kappa shape index (κ3) is 4.47. The van der Waals surface area contributed by atoms with Gasteiger partial charge in [0.15, 0.2) is 6.10 Å². The molecule has 0 amide bonds. The molecule has 1 atom stereocenters. The molecule has 0 aliphatic heterocycles. The minimum atomic E-state index is -0.553. The summed E-state index contributed by atoms with van der Waals surface area (Å²) in [6, 6.07) is 19.5. The summed E-state index contributed by atoms with van der Waals surface area (Å²) in [6.07, 6.45) is 4.31. The molecule has 0 radical (unpaired) electrons. The quantitative estimate of drug-likeness (QED) is 0.605. The highest BCUT2D eigenvalue weighted by Gasteiger charge is 2.17. The van der Waals surface area contributed by atoms with E-state index in [1.165, 1.54) is 0 Å². The number of esters is 1. The third-order valence-corrected chi connectivity index (χ3v) is 3.12. The Labute approximate surface area is 130 Å². The zero-order chi connectivity index (χ0) is 15.8. The van der Waals surface area contributed by atoms with E-state index in [4.69, 9.17) is 15.9 Å². The predicted molar refractivity (Wildman–Crippen MR) is 85.1 cm³/mol. The zero-order valence-corrected chi connectivity index (χ0v) is 12.4. The molecule has 0 spiro atoms. The lowest BCUT2D eigenvalue weighted by Crippen LogP contribution is -2.20. The van der Waals surface area contributed by atoms with Gasteiger partial charge in [0.05, 0.1) is 0 Å². The number of carbonyl (C=O) groups excluding carboxylic acids is 1. The van der Waals surface area contributed by atoms with Crippen molar-refractivity contribution in [3.8, 4) is 12.3 Å². The van der Waals surface area contributed by atoms with Gasteiger partial charge in [-0.25, -0.2) is 4.79 Å². The summed E-state index contributed by atoms with van der Waals surface area (Å²) in [5.74, 6) is 1.88. The van der Waals surface area contributed by atoms with Crippen LogP contribution in [0.1, 0.15) is 24.2 Å². The van der Waals surface area contributed by atoms with Gasteiger partial charge in [0.25, 0.3) is 0 Å². The second-order valence-electron chi connectivity index (χ2n) is 4.81. The molecule has 112 valence electrons. The maximum atomic E-state index is 11.7. The molecule has 0 aliphatic rings. The van der Waals surface area contributed by atoms with E-state index in [9.17, 15) is 4.79 Å². The fourth-order valence-corrected chi connectivity index (χ4v) is 2.06. The predicted octanol–water partition coefficient (Wildman–Crippen LogP) is 3.36. The Kier molecular flexibility index (Phi) is 5.76. The van der Waals surface area contributed by atoms with Gasteiger partial charge < -0.3 is 9.47 Å². The second kappa shape index (κ2) is 8.02. The van der Waals surface area contributed by atoms with Gasteiger partial charge in [0, 0.05) is 0 Å². The average Bonchev–Trinajstić information content (AvgIpc) is 2.57. The van der Waals surface area contributed by atoms with Gasteiger partial charge in [0.1, 0.15) is 12.7 Å². The van der Waals surface area contributed by atoms with Crippen molar-refractivity contribution in [2.24, 2.45) is 0 Å². The van der Waals surface area contributed by atoms with Gasteiger partial charge in [-0.1, -0.05) is 66.6 Å². The number of terminal acetylenes is 1. The van der Waals surface area contributed by atoms with Crippen LogP contribution in [0, 0.1) is 12.3 Å². The molecule has 22 heavy (non-hydrogen) atoms. The van der Waals surface area contributed by atoms with Crippen LogP contribution < -0.4 is 0 Å². The SMILES string of the molecule is C#CC(C)OC(=O)COC(c1ccccc1)c1ccccc1. The summed E-state index contributed by atoms with van der Waals surface area (Å²) in [5, 5.41) is 0. The minimum Gasteiger partial charge on any atom is -0.448 e. The molecule has 0 saturated heterocycles. The van der Waals surface area contributed by atoms with Crippen LogP contribution in [0.2, 0.25) is 0 Å². The number of ether oxygens (including phenoxy) is 2. The molecule has 0 saturated carbocycles. The van der Waals surface area contributed by atoms with Crippen molar-refractivity contribution in [1.29, 1.82) is 0 Å². The van der Waals surface area contributed by atoms with E-state index in [1.54, 1.807) is 6.92 Å². The number of benzene rings is 2. The molecule has 0 aromatic heterocycles. The highest BCUT2D eigenvalue weighted by atomic mass is 16.6. The molecular formula is C19H18O3. The Balaban J connectivity index is 2.10. The smallest absolute Gasteiger partial charge is 0.333 e. The number of carbonyl (C=O) groups is 1. The molecule has 2 aromatic carbocycles. The number of rotatable bonds is 6. The van der Waals surface area contributed by atoms with Gasteiger partial charge in [-0.3, -0.25) is 0 Å². The van der Waals surface area contributed by atoms with Crippen LogP contribution in [0.3, 0.4) is 0 Å². The van der Waals surface area contributed by atoms with Crippen molar-refractivity contribution < 1.29 is 14.3 Å².